The zero-order chi connectivity index (χ0) is 19.7. The number of H-pyrrole nitrogens is 1. The highest BCUT2D eigenvalue weighted by molar-refractivity contribution is 5.81. The minimum Gasteiger partial charge on any atom is -0.493 e. The number of anilines is 1. The highest BCUT2D eigenvalue weighted by Crippen LogP contribution is 2.35. The molecule has 3 N–H and O–H groups in total. The number of imidazole rings is 1. The first-order chi connectivity index (χ1) is 13.5. The number of aromatic amines is 1. The van der Waals surface area contributed by atoms with Gasteiger partial charge in [-0.25, -0.2) is 18.7 Å². The van der Waals surface area contributed by atoms with E-state index < -0.39 is 11.6 Å². The molecule has 1 aromatic carbocycles. The summed E-state index contributed by atoms with van der Waals surface area (Å²) in [6.07, 6.45) is 4.85. The Morgan fingerprint density at radius 3 is 2.36 bits per heavy atom. The largest absolute Gasteiger partial charge is 0.493 e. The summed E-state index contributed by atoms with van der Waals surface area (Å²) in [6.45, 7) is 0. The quantitative estimate of drug-likeness (QED) is 0.558. The molecule has 4 rings (SSSR count). The molecule has 0 radical (unpaired) electrons. The van der Waals surface area contributed by atoms with Gasteiger partial charge in [-0.15, -0.1) is 0 Å². The van der Waals surface area contributed by atoms with Crippen LogP contribution in [0.4, 0.5) is 14.6 Å². The van der Waals surface area contributed by atoms with E-state index in [9.17, 15) is 8.78 Å². The summed E-state index contributed by atoms with van der Waals surface area (Å²) in [4.78, 5) is 15.9. The van der Waals surface area contributed by atoms with Crippen molar-refractivity contribution in [1.82, 2.24) is 19.9 Å². The van der Waals surface area contributed by atoms with Gasteiger partial charge in [-0.1, -0.05) is 0 Å². The van der Waals surface area contributed by atoms with Crippen LogP contribution >= 0.6 is 0 Å². The van der Waals surface area contributed by atoms with Crippen LogP contribution < -0.4 is 10.5 Å². The van der Waals surface area contributed by atoms with Crippen LogP contribution in [0.1, 0.15) is 0 Å². The minimum atomic E-state index is -0.686. The van der Waals surface area contributed by atoms with Gasteiger partial charge in [0.15, 0.2) is 11.6 Å². The van der Waals surface area contributed by atoms with Crippen LogP contribution in [-0.4, -0.2) is 27.0 Å². The number of pyridine rings is 2. The lowest BCUT2D eigenvalue weighted by Gasteiger charge is -2.07. The second kappa shape index (κ2) is 7.07. The van der Waals surface area contributed by atoms with Crippen LogP contribution in [0.3, 0.4) is 0 Å². The van der Waals surface area contributed by atoms with Crippen molar-refractivity contribution in [3.8, 4) is 39.7 Å². The van der Waals surface area contributed by atoms with Crippen molar-refractivity contribution in [2.75, 3.05) is 12.8 Å². The maximum atomic E-state index is 13.7. The van der Waals surface area contributed by atoms with Crippen molar-refractivity contribution in [3.05, 3.63) is 66.6 Å². The molecule has 0 saturated heterocycles. The number of methoxy groups -OCH3 is 1. The second-order valence-corrected chi connectivity index (χ2v) is 6.01. The molecule has 0 fully saturated rings. The van der Waals surface area contributed by atoms with Gasteiger partial charge in [-0.2, -0.15) is 0 Å². The number of hydrogen-bond acceptors (Lipinski definition) is 5. The Labute approximate surface area is 159 Å². The summed E-state index contributed by atoms with van der Waals surface area (Å²) in [5, 5.41) is 0. The van der Waals surface area contributed by atoms with Gasteiger partial charge in [-0.3, -0.25) is 4.98 Å². The Bertz CT molecular complexity index is 1120. The van der Waals surface area contributed by atoms with Crippen molar-refractivity contribution >= 4 is 5.82 Å². The third-order valence-electron chi connectivity index (χ3n) is 4.18. The number of hydrogen-bond donors (Lipinski definition) is 2. The number of rotatable bonds is 4. The molecule has 3 aromatic heterocycles. The number of halogens is 2. The summed E-state index contributed by atoms with van der Waals surface area (Å²) in [5.74, 6) is -0.404. The summed E-state index contributed by atoms with van der Waals surface area (Å²) in [7, 11) is 1.49. The van der Waals surface area contributed by atoms with Gasteiger partial charge in [0, 0.05) is 41.3 Å². The number of nitrogens with zero attached hydrogens (tertiary/aromatic N) is 3. The fourth-order valence-corrected chi connectivity index (χ4v) is 2.89. The van der Waals surface area contributed by atoms with Gasteiger partial charge in [0.2, 0.25) is 0 Å². The molecule has 8 heteroatoms. The van der Waals surface area contributed by atoms with Crippen molar-refractivity contribution < 1.29 is 13.5 Å². The van der Waals surface area contributed by atoms with E-state index in [0.29, 0.717) is 28.5 Å². The van der Waals surface area contributed by atoms with Crippen LogP contribution in [0.5, 0.6) is 5.75 Å². The maximum absolute atomic E-state index is 13.7. The monoisotopic (exact) mass is 379 g/mol. The van der Waals surface area contributed by atoms with Crippen molar-refractivity contribution in [1.29, 1.82) is 0 Å². The summed E-state index contributed by atoms with van der Waals surface area (Å²) >= 11 is 0. The minimum absolute atomic E-state index is 0.250. The molecule has 0 amide bonds. The summed E-state index contributed by atoms with van der Waals surface area (Å²) in [6, 6.07) is 8.54. The summed E-state index contributed by atoms with van der Waals surface area (Å²) in [5.41, 5.74) is 8.71. The number of aromatic nitrogens is 4. The van der Waals surface area contributed by atoms with Gasteiger partial charge in [0.1, 0.15) is 17.5 Å². The molecule has 0 aliphatic rings. The first kappa shape index (κ1) is 17.6. The Morgan fingerprint density at radius 2 is 1.68 bits per heavy atom. The number of nitrogens with two attached hydrogens (primary N) is 1. The lowest BCUT2D eigenvalue weighted by Crippen LogP contribution is -1.96. The first-order valence-electron chi connectivity index (χ1n) is 8.32. The van der Waals surface area contributed by atoms with Crippen molar-refractivity contribution in [2.24, 2.45) is 0 Å². The highest BCUT2D eigenvalue weighted by Gasteiger charge is 2.18. The fraction of sp³-hybridized carbons (Fsp3) is 0.0500. The van der Waals surface area contributed by atoms with Gasteiger partial charge < -0.3 is 15.5 Å². The van der Waals surface area contributed by atoms with E-state index >= 15 is 0 Å². The van der Waals surface area contributed by atoms with Crippen LogP contribution in [0, 0.1) is 11.6 Å². The first-order valence-corrected chi connectivity index (χ1v) is 8.32. The lowest BCUT2D eigenvalue weighted by atomic mass is 10.1. The molecule has 3 heterocycles. The zero-order valence-electron chi connectivity index (χ0n) is 14.8. The Balaban J connectivity index is 1.93. The molecular weight excluding hydrogens is 364 g/mol. The predicted octanol–water partition coefficient (Wildman–Crippen LogP) is 4.07. The molecule has 0 unspecified atom stereocenters. The van der Waals surface area contributed by atoms with E-state index in [-0.39, 0.29) is 11.4 Å². The number of benzene rings is 1. The second-order valence-electron chi connectivity index (χ2n) is 6.01. The van der Waals surface area contributed by atoms with Gasteiger partial charge in [0.05, 0.1) is 18.5 Å². The standard InChI is InChI=1S/C20H15F2N5O/c1-28-16-8-13(10-25-19(16)23)18-17(11-2-4-24-5-3-11)26-20(27-18)12-6-14(21)9-15(22)7-12/h2-10H,1H3,(H2,23,25)(H,26,27). The predicted molar refractivity (Wildman–Crippen MR) is 101 cm³/mol. The van der Waals surface area contributed by atoms with E-state index in [1.54, 1.807) is 36.8 Å². The van der Waals surface area contributed by atoms with Crippen LogP contribution in [0.15, 0.2) is 55.0 Å². The van der Waals surface area contributed by atoms with E-state index in [4.69, 9.17) is 10.5 Å². The topological polar surface area (TPSA) is 89.7 Å². The maximum Gasteiger partial charge on any atom is 0.166 e. The number of ether oxygens (including phenoxy) is 1. The Hall–Kier alpha value is -3.81. The smallest absolute Gasteiger partial charge is 0.166 e. The van der Waals surface area contributed by atoms with Crippen molar-refractivity contribution in [2.45, 2.75) is 0 Å². The average Bonchev–Trinajstić information content (AvgIpc) is 3.14. The number of nitrogens with one attached hydrogen (secondary N) is 1. The van der Waals surface area contributed by atoms with Crippen LogP contribution in [0.25, 0.3) is 33.9 Å². The third-order valence-corrected chi connectivity index (χ3v) is 4.18. The molecule has 0 aliphatic heterocycles. The molecule has 140 valence electrons. The fourth-order valence-electron chi connectivity index (χ4n) is 2.89. The summed E-state index contributed by atoms with van der Waals surface area (Å²) < 4.78 is 32.6. The van der Waals surface area contributed by atoms with E-state index in [1.807, 2.05) is 0 Å². The van der Waals surface area contributed by atoms with E-state index in [2.05, 4.69) is 19.9 Å². The normalized spacial score (nSPS) is 10.8. The molecule has 0 aliphatic carbocycles. The van der Waals surface area contributed by atoms with E-state index in [0.717, 1.165) is 11.6 Å². The van der Waals surface area contributed by atoms with Gasteiger partial charge in [-0.05, 0) is 30.3 Å². The lowest BCUT2D eigenvalue weighted by molar-refractivity contribution is 0.415. The molecular formula is C20H15F2N5O. The molecule has 6 nitrogen and oxygen atoms in total. The van der Waals surface area contributed by atoms with Gasteiger partial charge >= 0.3 is 0 Å². The molecule has 0 spiro atoms. The molecule has 0 saturated carbocycles. The molecule has 4 aromatic rings. The Kier molecular flexibility index (Phi) is 4.44. The molecule has 0 atom stereocenters. The van der Waals surface area contributed by atoms with E-state index in [1.165, 1.54) is 19.2 Å². The van der Waals surface area contributed by atoms with Crippen molar-refractivity contribution in [3.63, 3.8) is 0 Å². The molecule has 0 bridgehead atoms. The van der Waals surface area contributed by atoms with Gasteiger partial charge in [0.25, 0.3) is 0 Å². The van der Waals surface area contributed by atoms with Crippen LogP contribution in [-0.2, 0) is 0 Å². The SMILES string of the molecule is COc1cc(-c2nc(-c3cc(F)cc(F)c3)[nH]c2-c2ccncc2)cnc1N. The molecule has 28 heavy (non-hydrogen) atoms. The Morgan fingerprint density at radius 1 is 0.964 bits per heavy atom. The third kappa shape index (κ3) is 3.27. The van der Waals surface area contributed by atoms with Crippen LogP contribution in [0.2, 0.25) is 0 Å². The number of nitrogen functional groups attached to an aromatic ring is 1. The zero-order valence-corrected chi connectivity index (χ0v) is 14.8. The highest BCUT2D eigenvalue weighted by atomic mass is 19.1. The average molecular weight is 379 g/mol.